The Labute approximate surface area is 332 Å². The standard InChI is InChI=1S/C51H89NO/c1-3-5-7-9-11-13-15-17-19-21-23-25-27-29-31-36-46-52(47-37-32-30-28-26-24-22-20-18-16-14-12-10-8-6-4-2)50-44-42-49(43-45-50)39-38-48-53-51-40-34-33-35-41-51/h33-35,40-45H,3-32,36-39,46-48H2,1-2H3. The third-order valence-corrected chi connectivity index (χ3v) is 11.5. The van der Waals surface area contributed by atoms with Crippen molar-refractivity contribution in [2.45, 2.75) is 232 Å². The Morgan fingerprint density at radius 2 is 0.698 bits per heavy atom. The van der Waals surface area contributed by atoms with Crippen molar-refractivity contribution in [2.24, 2.45) is 0 Å². The number of aryl methyl sites for hydroxylation is 1. The Balaban J connectivity index is 1.58. The van der Waals surface area contributed by atoms with Crippen molar-refractivity contribution < 1.29 is 4.74 Å². The molecule has 0 amide bonds. The predicted octanol–water partition coefficient (Wildman–Crippen LogP) is 17.0. The summed E-state index contributed by atoms with van der Waals surface area (Å²) in [5.74, 6) is 0.974. The molecule has 0 aromatic heterocycles. The lowest BCUT2D eigenvalue weighted by Crippen LogP contribution is -2.25. The number of ether oxygens (including phenoxy) is 1. The van der Waals surface area contributed by atoms with Crippen LogP contribution in [0.4, 0.5) is 5.69 Å². The number of hydrogen-bond donors (Lipinski definition) is 0. The van der Waals surface area contributed by atoms with E-state index < -0.39 is 0 Å². The lowest BCUT2D eigenvalue weighted by atomic mass is 10.0. The van der Waals surface area contributed by atoms with Crippen LogP contribution in [0.2, 0.25) is 0 Å². The molecule has 0 saturated heterocycles. The molecular weight excluding hydrogens is 643 g/mol. The Morgan fingerprint density at radius 3 is 1.06 bits per heavy atom. The number of unbranched alkanes of at least 4 members (excludes halogenated alkanes) is 30. The van der Waals surface area contributed by atoms with Gasteiger partial charge in [0.25, 0.3) is 0 Å². The predicted molar refractivity (Wildman–Crippen MR) is 238 cm³/mol. The molecule has 0 aliphatic rings. The summed E-state index contributed by atoms with van der Waals surface area (Å²) in [6.07, 6.45) is 48.0. The van der Waals surface area contributed by atoms with Crippen molar-refractivity contribution in [3.8, 4) is 5.75 Å². The molecular formula is C51H89NO. The molecule has 0 N–H and O–H groups in total. The van der Waals surface area contributed by atoms with Gasteiger partial charge < -0.3 is 9.64 Å². The molecule has 2 heteroatoms. The molecule has 2 rings (SSSR count). The van der Waals surface area contributed by atoms with Crippen LogP contribution in [0.3, 0.4) is 0 Å². The monoisotopic (exact) mass is 732 g/mol. The van der Waals surface area contributed by atoms with Crippen LogP contribution in [0.15, 0.2) is 54.6 Å². The number of para-hydroxylation sites is 1. The summed E-state index contributed by atoms with van der Waals surface area (Å²) in [4.78, 5) is 2.70. The maximum atomic E-state index is 5.93. The van der Waals surface area contributed by atoms with E-state index in [9.17, 15) is 0 Å². The third kappa shape index (κ3) is 29.1. The first-order valence-electron chi connectivity index (χ1n) is 23.8. The number of rotatable bonds is 40. The highest BCUT2D eigenvalue weighted by Crippen LogP contribution is 2.21. The molecule has 0 unspecified atom stereocenters. The van der Waals surface area contributed by atoms with Gasteiger partial charge in [-0.15, -0.1) is 0 Å². The van der Waals surface area contributed by atoms with Gasteiger partial charge in [0.05, 0.1) is 6.61 Å². The number of hydrogen-bond acceptors (Lipinski definition) is 2. The summed E-state index contributed by atoms with van der Waals surface area (Å²) in [5, 5.41) is 0. The van der Waals surface area contributed by atoms with Crippen LogP contribution in [0.1, 0.15) is 231 Å². The topological polar surface area (TPSA) is 12.5 Å². The highest BCUT2D eigenvalue weighted by molar-refractivity contribution is 5.47. The smallest absolute Gasteiger partial charge is 0.119 e. The first-order chi connectivity index (χ1) is 26.3. The van der Waals surface area contributed by atoms with Crippen molar-refractivity contribution >= 4 is 5.69 Å². The van der Waals surface area contributed by atoms with Gasteiger partial charge in [0.1, 0.15) is 5.75 Å². The zero-order valence-electron chi connectivity index (χ0n) is 35.7. The number of anilines is 1. The van der Waals surface area contributed by atoms with Gasteiger partial charge in [0.15, 0.2) is 0 Å². The number of nitrogens with zero attached hydrogens (tertiary/aromatic N) is 1. The van der Waals surface area contributed by atoms with E-state index in [1.807, 2.05) is 30.3 Å². The van der Waals surface area contributed by atoms with E-state index >= 15 is 0 Å². The fraction of sp³-hybridized carbons (Fsp3) is 0.765. The summed E-state index contributed by atoms with van der Waals surface area (Å²) in [6.45, 7) is 7.81. The fourth-order valence-corrected chi connectivity index (χ4v) is 7.93. The molecule has 0 saturated carbocycles. The molecule has 2 aromatic carbocycles. The molecule has 0 atom stereocenters. The Morgan fingerprint density at radius 1 is 0.358 bits per heavy atom. The first kappa shape index (κ1) is 47.2. The van der Waals surface area contributed by atoms with Gasteiger partial charge in [-0.05, 0) is 55.5 Å². The fourth-order valence-electron chi connectivity index (χ4n) is 7.93. The molecule has 0 fully saturated rings. The van der Waals surface area contributed by atoms with Gasteiger partial charge in [-0.25, -0.2) is 0 Å². The first-order valence-corrected chi connectivity index (χ1v) is 23.8. The minimum absolute atomic E-state index is 0.774. The maximum Gasteiger partial charge on any atom is 0.119 e. The van der Waals surface area contributed by atoms with Crippen molar-refractivity contribution in [2.75, 3.05) is 24.6 Å². The van der Waals surface area contributed by atoms with Gasteiger partial charge in [0.2, 0.25) is 0 Å². The second-order valence-electron chi connectivity index (χ2n) is 16.5. The van der Waals surface area contributed by atoms with E-state index in [-0.39, 0.29) is 0 Å². The average Bonchev–Trinajstić information content (AvgIpc) is 3.19. The lowest BCUT2D eigenvalue weighted by molar-refractivity contribution is 0.311. The van der Waals surface area contributed by atoms with Crippen molar-refractivity contribution in [1.82, 2.24) is 0 Å². The van der Waals surface area contributed by atoms with E-state index in [1.54, 1.807) is 0 Å². The SMILES string of the molecule is CCCCCCCCCCCCCCCCCCN(CCCCCCCCCCCCCCCCCC)c1ccc(CCCOc2ccccc2)cc1. The van der Waals surface area contributed by atoms with E-state index in [2.05, 4.69) is 43.0 Å². The molecule has 304 valence electrons. The minimum Gasteiger partial charge on any atom is -0.494 e. The van der Waals surface area contributed by atoms with E-state index in [1.165, 1.54) is 230 Å². The zero-order chi connectivity index (χ0) is 37.5. The van der Waals surface area contributed by atoms with Crippen LogP contribution in [-0.4, -0.2) is 19.7 Å². The van der Waals surface area contributed by atoms with Gasteiger partial charge in [0, 0.05) is 18.8 Å². The van der Waals surface area contributed by atoms with E-state index in [0.717, 1.165) is 25.2 Å². The number of benzene rings is 2. The molecule has 0 spiro atoms. The molecule has 0 radical (unpaired) electrons. The second kappa shape index (κ2) is 37.0. The summed E-state index contributed by atoms with van der Waals surface area (Å²) in [7, 11) is 0. The van der Waals surface area contributed by atoms with Crippen LogP contribution in [-0.2, 0) is 6.42 Å². The summed E-state index contributed by atoms with van der Waals surface area (Å²) < 4.78 is 5.93. The minimum atomic E-state index is 0.774. The van der Waals surface area contributed by atoms with Crippen molar-refractivity contribution in [3.05, 3.63) is 60.2 Å². The second-order valence-corrected chi connectivity index (χ2v) is 16.5. The zero-order valence-corrected chi connectivity index (χ0v) is 35.7. The molecule has 0 heterocycles. The van der Waals surface area contributed by atoms with Crippen molar-refractivity contribution in [1.29, 1.82) is 0 Å². The molecule has 53 heavy (non-hydrogen) atoms. The highest BCUT2D eigenvalue weighted by atomic mass is 16.5. The summed E-state index contributed by atoms with van der Waals surface area (Å²) >= 11 is 0. The Bertz CT molecular complexity index is 951. The molecule has 2 nitrogen and oxygen atoms in total. The van der Waals surface area contributed by atoms with E-state index in [4.69, 9.17) is 4.74 Å². The van der Waals surface area contributed by atoms with Crippen LogP contribution >= 0.6 is 0 Å². The maximum absolute atomic E-state index is 5.93. The van der Waals surface area contributed by atoms with Crippen LogP contribution in [0, 0.1) is 0 Å². The Kier molecular flexibility index (Phi) is 32.9. The van der Waals surface area contributed by atoms with Crippen molar-refractivity contribution in [3.63, 3.8) is 0 Å². The summed E-state index contributed by atoms with van der Waals surface area (Å²) in [6, 6.07) is 19.7. The third-order valence-electron chi connectivity index (χ3n) is 11.5. The Hall–Kier alpha value is -1.96. The normalized spacial score (nSPS) is 11.4. The molecule has 0 bridgehead atoms. The highest BCUT2D eigenvalue weighted by Gasteiger charge is 2.07. The van der Waals surface area contributed by atoms with Crippen LogP contribution in [0.5, 0.6) is 5.75 Å². The molecule has 2 aromatic rings. The van der Waals surface area contributed by atoms with Gasteiger partial charge in [-0.1, -0.05) is 237 Å². The van der Waals surface area contributed by atoms with Crippen LogP contribution < -0.4 is 9.64 Å². The largest absolute Gasteiger partial charge is 0.494 e. The summed E-state index contributed by atoms with van der Waals surface area (Å²) in [5.41, 5.74) is 2.85. The molecule has 0 aliphatic heterocycles. The lowest BCUT2D eigenvalue weighted by Gasteiger charge is -2.25. The molecule has 0 aliphatic carbocycles. The van der Waals surface area contributed by atoms with E-state index in [0.29, 0.717) is 0 Å². The van der Waals surface area contributed by atoms with Gasteiger partial charge >= 0.3 is 0 Å². The van der Waals surface area contributed by atoms with Crippen LogP contribution in [0.25, 0.3) is 0 Å². The average molecular weight is 732 g/mol. The van der Waals surface area contributed by atoms with Gasteiger partial charge in [-0.2, -0.15) is 0 Å². The quantitative estimate of drug-likeness (QED) is 0.0633. The van der Waals surface area contributed by atoms with Gasteiger partial charge in [-0.3, -0.25) is 0 Å².